The van der Waals surface area contributed by atoms with Crippen LogP contribution in [0.4, 0.5) is 0 Å². The predicted octanol–water partition coefficient (Wildman–Crippen LogP) is 1.17. The van der Waals surface area contributed by atoms with Crippen molar-refractivity contribution in [2.75, 3.05) is 6.54 Å². The number of rotatable bonds is 8. The fraction of sp³-hybridized carbons (Fsp3) is 0.655. The largest absolute Gasteiger partial charge is 0.363 e. The van der Waals surface area contributed by atoms with E-state index in [4.69, 9.17) is 10.5 Å². The number of carbonyl (C=O) groups is 4. The molecule has 0 aliphatic carbocycles. The fourth-order valence-corrected chi connectivity index (χ4v) is 5.19. The average Bonchev–Trinajstić information content (AvgIpc) is 3.38. The summed E-state index contributed by atoms with van der Waals surface area (Å²) in [5.41, 5.74) is 6.72. The van der Waals surface area contributed by atoms with Crippen molar-refractivity contribution in [3.05, 3.63) is 35.9 Å². The molecule has 3 rings (SSSR count). The Bertz CT molecular complexity index is 986. The quantitative estimate of drug-likeness (QED) is 0.332. The zero-order chi connectivity index (χ0) is 28.5. The van der Waals surface area contributed by atoms with Crippen LogP contribution in [0.15, 0.2) is 30.3 Å². The van der Waals surface area contributed by atoms with E-state index in [2.05, 4.69) is 21.3 Å². The van der Waals surface area contributed by atoms with Crippen molar-refractivity contribution in [2.24, 2.45) is 17.6 Å². The first-order valence-electron chi connectivity index (χ1n) is 14.2. The van der Waals surface area contributed by atoms with Crippen LogP contribution in [0.25, 0.3) is 0 Å². The second-order valence-electron chi connectivity index (χ2n) is 11.5. The molecule has 1 aromatic rings. The van der Waals surface area contributed by atoms with E-state index in [-0.39, 0.29) is 23.7 Å². The molecule has 0 spiro atoms. The molecule has 2 bridgehead atoms. The maximum atomic E-state index is 13.6. The Labute approximate surface area is 231 Å². The third kappa shape index (κ3) is 8.76. The van der Waals surface area contributed by atoms with Gasteiger partial charge in [0.2, 0.25) is 23.6 Å². The van der Waals surface area contributed by atoms with Crippen LogP contribution in [0.5, 0.6) is 0 Å². The van der Waals surface area contributed by atoms with E-state index in [0.29, 0.717) is 45.1 Å². The van der Waals surface area contributed by atoms with E-state index < -0.39 is 48.2 Å². The van der Waals surface area contributed by atoms with Crippen molar-refractivity contribution in [3.8, 4) is 0 Å². The molecule has 2 saturated heterocycles. The molecule has 0 aromatic heterocycles. The molecular formula is C29H45N5O5. The highest BCUT2D eigenvalue weighted by atomic mass is 16.5. The maximum absolute atomic E-state index is 13.6. The van der Waals surface area contributed by atoms with Gasteiger partial charge in [0.1, 0.15) is 24.2 Å². The van der Waals surface area contributed by atoms with Gasteiger partial charge in [-0.25, -0.2) is 0 Å². The summed E-state index contributed by atoms with van der Waals surface area (Å²) in [6.45, 7) is 7.99. The second kappa shape index (κ2) is 14.4. The molecule has 10 heteroatoms. The van der Waals surface area contributed by atoms with Gasteiger partial charge >= 0.3 is 0 Å². The van der Waals surface area contributed by atoms with Gasteiger partial charge in [0, 0.05) is 0 Å². The predicted molar refractivity (Wildman–Crippen MR) is 148 cm³/mol. The number of fused-ring (bicyclic) bond motifs is 2. The lowest BCUT2D eigenvalue weighted by molar-refractivity contribution is -0.138. The SMILES string of the molecule is CC(C)C[C@H]1NC(=O)[C@H](CCCN)NC(=O)[C@H](C(C)C)NC(=O)[C@@H]2CC[C@@H](O2)[C@@H](Cc2ccccc2)NC1=O. The first-order valence-corrected chi connectivity index (χ1v) is 14.2. The number of hydrogen-bond acceptors (Lipinski definition) is 6. The van der Waals surface area contributed by atoms with Crippen molar-refractivity contribution in [1.29, 1.82) is 0 Å². The highest BCUT2D eigenvalue weighted by Crippen LogP contribution is 2.25. The van der Waals surface area contributed by atoms with Gasteiger partial charge in [-0.1, -0.05) is 58.0 Å². The van der Waals surface area contributed by atoms with Crippen molar-refractivity contribution in [3.63, 3.8) is 0 Å². The van der Waals surface area contributed by atoms with Gasteiger partial charge in [-0.05, 0) is 62.5 Å². The molecule has 2 aliphatic rings. The second-order valence-corrected chi connectivity index (χ2v) is 11.5. The molecule has 2 heterocycles. The van der Waals surface area contributed by atoms with Crippen molar-refractivity contribution >= 4 is 23.6 Å². The molecule has 216 valence electrons. The topological polar surface area (TPSA) is 152 Å². The Morgan fingerprint density at radius 2 is 1.51 bits per heavy atom. The summed E-state index contributed by atoms with van der Waals surface area (Å²) < 4.78 is 6.20. The normalized spacial score (nSPS) is 28.8. The standard InChI is InChI=1S/C29H45N5O5/c1-17(2)15-22-27(36)32-21(16-19-9-6-5-7-10-19)23-12-13-24(39-23)28(37)34-25(18(3)4)29(38)31-20(11-8-14-30)26(35)33-22/h5-7,9-10,17-18,20-25H,8,11-16,30H2,1-4H3,(H,31,38)(H,32,36)(H,33,35)(H,34,37)/t20-,21+,22+,23+,24-,25-/m0/s1. The molecule has 2 aliphatic heterocycles. The number of benzene rings is 1. The monoisotopic (exact) mass is 543 g/mol. The van der Waals surface area contributed by atoms with Crippen molar-refractivity contribution < 1.29 is 23.9 Å². The van der Waals surface area contributed by atoms with Gasteiger partial charge in [-0.3, -0.25) is 19.2 Å². The Morgan fingerprint density at radius 3 is 2.15 bits per heavy atom. The Morgan fingerprint density at radius 1 is 0.846 bits per heavy atom. The summed E-state index contributed by atoms with van der Waals surface area (Å²) in [7, 11) is 0. The average molecular weight is 544 g/mol. The minimum atomic E-state index is -0.889. The van der Waals surface area contributed by atoms with Crippen LogP contribution < -0.4 is 27.0 Å². The number of carbonyl (C=O) groups excluding carboxylic acids is 4. The zero-order valence-corrected chi connectivity index (χ0v) is 23.6. The third-order valence-corrected chi connectivity index (χ3v) is 7.34. The lowest BCUT2D eigenvalue weighted by Gasteiger charge is -2.29. The summed E-state index contributed by atoms with van der Waals surface area (Å²) >= 11 is 0. The Kier molecular flexibility index (Phi) is 11.3. The molecular weight excluding hydrogens is 498 g/mol. The number of nitrogens with one attached hydrogen (secondary N) is 4. The lowest BCUT2D eigenvalue weighted by Crippen LogP contribution is -2.58. The minimum absolute atomic E-state index is 0.132. The highest BCUT2D eigenvalue weighted by molar-refractivity contribution is 5.95. The van der Waals surface area contributed by atoms with E-state index in [0.717, 1.165) is 5.56 Å². The van der Waals surface area contributed by atoms with Gasteiger partial charge in [0.15, 0.2) is 0 Å². The molecule has 10 nitrogen and oxygen atoms in total. The van der Waals surface area contributed by atoms with Crippen LogP contribution in [-0.2, 0) is 30.3 Å². The van der Waals surface area contributed by atoms with E-state index in [1.807, 2.05) is 58.0 Å². The molecule has 0 saturated carbocycles. The lowest BCUT2D eigenvalue weighted by atomic mass is 9.97. The van der Waals surface area contributed by atoms with Gasteiger partial charge in [0.25, 0.3) is 0 Å². The molecule has 1 aromatic carbocycles. The molecule has 6 N–H and O–H groups in total. The van der Waals surface area contributed by atoms with Crippen LogP contribution in [0.1, 0.15) is 65.4 Å². The van der Waals surface area contributed by atoms with E-state index in [9.17, 15) is 19.2 Å². The molecule has 6 atom stereocenters. The van der Waals surface area contributed by atoms with Crippen LogP contribution in [-0.4, -0.2) is 66.5 Å². The summed E-state index contributed by atoms with van der Waals surface area (Å²) in [5, 5.41) is 11.7. The zero-order valence-electron chi connectivity index (χ0n) is 23.6. The Balaban J connectivity index is 1.96. The summed E-state index contributed by atoms with van der Waals surface area (Å²) in [6.07, 6.45) is 1.70. The van der Waals surface area contributed by atoms with Gasteiger partial charge in [0.05, 0.1) is 12.1 Å². The van der Waals surface area contributed by atoms with E-state index >= 15 is 0 Å². The van der Waals surface area contributed by atoms with Gasteiger partial charge in [-0.15, -0.1) is 0 Å². The summed E-state index contributed by atoms with van der Waals surface area (Å²) in [6, 6.07) is 6.86. The number of hydrogen-bond donors (Lipinski definition) is 5. The van der Waals surface area contributed by atoms with Crippen LogP contribution >= 0.6 is 0 Å². The highest BCUT2D eigenvalue weighted by Gasteiger charge is 2.39. The van der Waals surface area contributed by atoms with Crippen LogP contribution in [0.3, 0.4) is 0 Å². The fourth-order valence-electron chi connectivity index (χ4n) is 5.19. The van der Waals surface area contributed by atoms with E-state index in [1.54, 1.807) is 0 Å². The smallest absolute Gasteiger partial charge is 0.249 e. The maximum Gasteiger partial charge on any atom is 0.249 e. The first-order chi connectivity index (χ1) is 18.6. The van der Waals surface area contributed by atoms with E-state index in [1.165, 1.54) is 0 Å². The minimum Gasteiger partial charge on any atom is -0.363 e. The summed E-state index contributed by atoms with van der Waals surface area (Å²) in [4.78, 5) is 53.5. The molecule has 2 fully saturated rings. The number of amides is 4. The number of ether oxygens (including phenoxy) is 1. The molecule has 4 amide bonds. The molecule has 39 heavy (non-hydrogen) atoms. The van der Waals surface area contributed by atoms with Gasteiger partial charge < -0.3 is 31.7 Å². The third-order valence-electron chi connectivity index (χ3n) is 7.34. The van der Waals surface area contributed by atoms with Gasteiger partial charge in [-0.2, -0.15) is 0 Å². The molecule has 0 radical (unpaired) electrons. The Hall–Kier alpha value is -2.98. The summed E-state index contributed by atoms with van der Waals surface area (Å²) in [5.74, 6) is -1.67. The van der Waals surface area contributed by atoms with Crippen LogP contribution in [0.2, 0.25) is 0 Å². The first kappa shape index (κ1) is 30.6. The molecule has 0 unspecified atom stereocenters. The van der Waals surface area contributed by atoms with Crippen molar-refractivity contribution in [2.45, 2.75) is 103 Å². The van der Waals surface area contributed by atoms with Crippen molar-refractivity contribution in [1.82, 2.24) is 21.3 Å². The number of nitrogens with two attached hydrogens (primary N) is 1. The van der Waals surface area contributed by atoms with Crippen LogP contribution in [0, 0.1) is 11.8 Å².